The van der Waals surface area contributed by atoms with Gasteiger partial charge in [0.15, 0.2) is 5.78 Å². The van der Waals surface area contributed by atoms with Crippen LogP contribution in [0, 0.1) is 13.8 Å². The second kappa shape index (κ2) is 6.24. The molecular weight excluding hydrogens is 278 g/mol. The van der Waals surface area contributed by atoms with Crippen LogP contribution < -0.4 is 0 Å². The summed E-state index contributed by atoms with van der Waals surface area (Å²) >= 11 is 5.64. The number of methoxy groups -OCH3 is 1. The summed E-state index contributed by atoms with van der Waals surface area (Å²) in [5.41, 5.74) is 3.48. The first-order valence-corrected chi connectivity index (χ1v) is 6.91. The maximum Gasteiger partial charge on any atom is 0.179 e. The molecule has 0 radical (unpaired) electrons. The summed E-state index contributed by atoms with van der Waals surface area (Å²) in [6.07, 6.45) is 3.72. The number of hydrogen-bond donors (Lipinski definition) is 0. The molecule has 108 valence electrons. The van der Waals surface area contributed by atoms with Crippen molar-refractivity contribution >= 4 is 17.4 Å². The van der Waals surface area contributed by atoms with Gasteiger partial charge < -0.3 is 9.30 Å². The molecule has 2 aromatic rings. The van der Waals surface area contributed by atoms with Gasteiger partial charge in [0.05, 0.1) is 30.9 Å². The molecule has 2 aromatic heterocycles. The van der Waals surface area contributed by atoms with Crippen LogP contribution in [0.15, 0.2) is 18.5 Å². The number of halogens is 1. The Morgan fingerprint density at radius 1 is 1.45 bits per heavy atom. The third-order valence-electron chi connectivity index (χ3n) is 3.26. The maximum atomic E-state index is 11.8. The Morgan fingerprint density at radius 3 is 2.85 bits per heavy atom. The van der Waals surface area contributed by atoms with E-state index >= 15 is 0 Å². The largest absolute Gasteiger partial charge is 0.383 e. The summed E-state index contributed by atoms with van der Waals surface area (Å²) in [6.45, 7) is 5.19. The van der Waals surface area contributed by atoms with Crippen molar-refractivity contribution < 1.29 is 9.53 Å². The molecule has 2 rings (SSSR count). The fraction of sp³-hybridized carbons (Fsp3) is 0.429. The minimum absolute atomic E-state index is 0.00259. The maximum absolute atomic E-state index is 11.8. The SMILES string of the molecule is COCCn1cc(-n2c(C)cc(C(=O)CCl)c2C)cn1. The van der Waals surface area contributed by atoms with Crippen LogP contribution in [0.2, 0.25) is 0 Å². The van der Waals surface area contributed by atoms with Crippen LogP contribution in [0.25, 0.3) is 5.69 Å². The van der Waals surface area contributed by atoms with Crippen molar-refractivity contribution in [3.05, 3.63) is 35.4 Å². The van der Waals surface area contributed by atoms with Gasteiger partial charge in [0.25, 0.3) is 0 Å². The molecule has 20 heavy (non-hydrogen) atoms. The standard InChI is InChI=1S/C14H18ClN3O2/c1-10-6-13(14(19)7-15)11(2)18(10)12-8-16-17(9-12)4-5-20-3/h6,8-9H,4-5,7H2,1-3H3. The van der Waals surface area contributed by atoms with E-state index in [2.05, 4.69) is 5.10 Å². The molecule has 0 unspecified atom stereocenters. The number of hydrogen-bond acceptors (Lipinski definition) is 3. The van der Waals surface area contributed by atoms with Gasteiger partial charge in [-0.3, -0.25) is 9.48 Å². The normalized spacial score (nSPS) is 11.0. The molecule has 0 spiro atoms. The van der Waals surface area contributed by atoms with Crippen LogP contribution >= 0.6 is 11.6 Å². The van der Waals surface area contributed by atoms with E-state index in [0.717, 1.165) is 17.1 Å². The van der Waals surface area contributed by atoms with E-state index in [1.165, 1.54) is 0 Å². The number of rotatable bonds is 6. The van der Waals surface area contributed by atoms with E-state index in [1.54, 1.807) is 13.3 Å². The minimum Gasteiger partial charge on any atom is -0.383 e. The first-order chi connectivity index (χ1) is 9.58. The average molecular weight is 296 g/mol. The third kappa shape index (κ3) is 2.78. The molecular formula is C14H18ClN3O2. The highest BCUT2D eigenvalue weighted by Crippen LogP contribution is 2.21. The summed E-state index contributed by atoms with van der Waals surface area (Å²) in [6, 6.07) is 1.87. The molecule has 0 fully saturated rings. The number of aryl methyl sites for hydroxylation is 1. The Hall–Kier alpha value is -1.59. The average Bonchev–Trinajstić information content (AvgIpc) is 3.00. The predicted octanol–water partition coefficient (Wildman–Crippen LogP) is 2.36. The van der Waals surface area contributed by atoms with Gasteiger partial charge in [-0.1, -0.05) is 0 Å². The zero-order chi connectivity index (χ0) is 14.7. The van der Waals surface area contributed by atoms with E-state index in [4.69, 9.17) is 16.3 Å². The smallest absolute Gasteiger partial charge is 0.179 e. The Bertz CT molecular complexity index is 616. The Kier molecular flexibility index (Phi) is 4.62. The Labute approximate surface area is 123 Å². The van der Waals surface area contributed by atoms with E-state index in [9.17, 15) is 4.79 Å². The van der Waals surface area contributed by atoms with Gasteiger partial charge in [0, 0.05) is 30.3 Å². The molecule has 0 aliphatic heterocycles. The highest BCUT2D eigenvalue weighted by atomic mass is 35.5. The third-order valence-corrected chi connectivity index (χ3v) is 3.50. The van der Waals surface area contributed by atoms with E-state index in [0.29, 0.717) is 18.7 Å². The quantitative estimate of drug-likeness (QED) is 0.607. The lowest BCUT2D eigenvalue weighted by Crippen LogP contribution is -2.05. The summed E-state index contributed by atoms with van der Waals surface area (Å²) in [4.78, 5) is 11.8. The van der Waals surface area contributed by atoms with E-state index in [1.807, 2.05) is 35.4 Å². The number of aromatic nitrogens is 3. The summed E-state index contributed by atoms with van der Waals surface area (Å²) < 4.78 is 8.86. The van der Waals surface area contributed by atoms with Crippen LogP contribution in [0.4, 0.5) is 0 Å². The van der Waals surface area contributed by atoms with Gasteiger partial charge in [0.2, 0.25) is 0 Å². The molecule has 0 amide bonds. The van der Waals surface area contributed by atoms with E-state index < -0.39 is 0 Å². The van der Waals surface area contributed by atoms with Crippen molar-refractivity contribution in [3.8, 4) is 5.69 Å². The zero-order valence-electron chi connectivity index (χ0n) is 11.9. The van der Waals surface area contributed by atoms with Crippen LogP contribution in [-0.4, -0.2) is 39.7 Å². The molecule has 0 bridgehead atoms. The molecule has 0 atom stereocenters. The van der Waals surface area contributed by atoms with Crippen LogP contribution in [0.3, 0.4) is 0 Å². The van der Waals surface area contributed by atoms with E-state index in [-0.39, 0.29) is 11.7 Å². The van der Waals surface area contributed by atoms with Crippen LogP contribution in [0.1, 0.15) is 21.7 Å². The molecule has 0 aliphatic rings. The van der Waals surface area contributed by atoms with Crippen molar-refractivity contribution in [1.29, 1.82) is 0 Å². The number of ketones is 1. The van der Waals surface area contributed by atoms with Crippen molar-refractivity contribution in [1.82, 2.24) is 14.3 Å². The number of ether oxygens (including phenoxy) is 1. The summed E-state index contributed by atoms with van der Waals surface area (Å²) in [5, 5.41) is 4.29. The second-order valence-corrected chi connectivity index (χ2v) is 4.90. The Balaban J connectivity index is 2.35. The lowest BCUT2D eigenvalue weighted by molar-refractivity contribution is 0.102. The molecule has 0 aromatic carbocycles. The highest BCUT2D eigenvalue weighted by Gasteiger charge is 2.16. The monoisotopic (exact) mass is 295 g/mol. The fourth-order valence-corrected chi connectivity index (χ4v) is 2.43. The number of carbonyl (C=O) groups is 1. The fourth-order valence-electron chi connectivity index (χ4n) is 2.29. The van der Waals surface area contributed by atoms with Gasteiger partial charge in [0.1, 0.15) is 0 Å². The molecule has 0 N–H and O–H groups in total. The second-order valence-electron chi connectivity index (χ2n) is 4.63. The first-order valence-electron chi connectivity index (χ1n) is 6.38. The molecule has 0 saturated heterocycles. The molecule has 2 heterocycles. The zero-order valence-corrected chi connectivity index (χ0v) is 12.6. The van der Waals surface area contributed by atoms with Gasteiger partial charge in [-0.15, -0.1) is 11.6 Å². The van der Waals surface area contributed by atoms with Gasteiger partial charge in [-0.25, -0.2) is 0 Å². The predicted molar refractivity (Wildman–Crippen MR) is 78.0 cm³/mol. The van der Waals surface area contributed by atoms with Gasteiger partial charge in [-0.05, 0) is 19.9 Å². The topological polar surface area (TPSA) is 49.0 Å². The number of carbonyl (C=O) groups excluding carboxylic acids is 1. The highest BCUT2D eigenvalue weighted by molar-refractivity contribution is 6.30. The lowest BCUT2D eigenvalue weighted by atomic mass is 10.2. The molecule has 6 heteroatoms. The number of alkyl halides is 1. The van der Waals surface area contributed by atoms with Crippen molar-refractivity contribution in [2.24, 2.45) is 0 Å². The Morgan fingerprint density at radius 2 is 2.20 bits per heavy atom. The van der Waals surface area contributed by atoms with Crippen molar-refractivity contribution in [2.45, 2.75) is 20.4 Å². The first kappa shape index (κ1) is 14.8. The molecule has 5 nitrogen and oxygen atoms in total. The lowest BCUT2D eigenvalue weighted by Gasteiger charge is -2.06. The minimum atomic E-state index is -0.0576. The summed E-state index contributed by atoms with van der Waals surface area (Å²) in [5.74, 6) is -0.0602. The summed E-state index contributed by atoms with van der Waals surface area (Å²) in [7, 11) is 1.66. The van der Waals surface area contributed by atoms with Crippen molar-refractivity contribution in [3.63, 3.8) is 0 Å². The van der Waals surface area contributed by atoms with Crippen LogP contribution in [0.5, 0.6) is 0 Å². The molecule has 0 saturated carbocycles. The van der Waals surface area contributed by atoms with Crippen molar-refractivity contribution in [2.75, 3.05) is 19.6 Å². The molecule has 0 aliphatic carbocycles. The number of nitrogens with zero attached hydrogens (tertiary/aromatic N) is 3. The number of Topliss-reactive ketones (excluding diaryl/α,β-unsaturated/α-hetero) is 1. The van der Waals surface area contributed by atoms with Gasteiger partial charge in [-0.2, -0.15) is 5.10 Å². The van der Waals surface area contributed by atoms with Gasteiger partial charge >= 0.3 is 0 Å². The van der Waals surface area contributed by atoms with Crippen LogP contribution in [-0.2, 0) is 11.3 Å².